The molecule has 5 nitrogen and oxygen atoms in total. The van der Waals surface area contributed by atoms with Gasteiger partial charge in [-0.3, -0.25) is 4.72 Å². The monoisotopic (exact) mass is 393 g/mol. The van der Waals surface area contributed by atoms with Gasteiger partial charge in [-0.1, -0.05) is 0 Å². The van der Waals surface area contributed by atoms with Crippen LogP contribution in [0.1, 0.15) is 5.56 Å². The van der Waals surface area contributed by atoms with Crippen molar-refractivity contribution >= 4 is 15.7 Å². The number of hydrogen-bond acceptors (Lipinski definition) is 4. The van der Waals surface area contributed by atoms with Gasteiger partial charge in [0.05, 0.1) is 18.4 Å². The van der Waals surface area contributed by atoms with Crippen LogP contribution < -0.4 is 14.2 Å². The molecule has 0 aliphatic heterocycles. The van der Waals surface area contributed by atoms with E-state index in [9.17, 15) is 26.0 Å². The highest BCUT2D eigenvalue weighted by molar-refractivity contribution is 7.92. The fourth-order valence-corrected chi connectivity index (χ4v) is 2.88. The molecule has 0 aromatic heterocycles. The van der Waals surface area contributed by atoms with Crippen molar-refractivity contribution in [2.45, 2.75) is 6.18 Å². The summed E-state index contributed by atoms with van der Waals surface area (Å²) < 4.78 is 87.4. The summed E-state index contributed by atoms with van der Waals surface area (Å²) in [6, 6.07) is 7.41. The third-order valence-corrected chi connectivity index (χ3v) is 4.46. The maximum Gasteiger partial charge on any atom is 0.416 e. The van der Waals surface area contributed by atoms with Crippen LogP contribution in [0, 0.1) is 5.82 Å². The Hall–Kier alpha value is -2.49. The molecule has 10 heteroatoms. The Morgan fingerprint density at radius 1 is 1.08 bits per heavy atom. The third-order valence-electron chi connectivity index (χ3n) is 3.23. The van der Waals surface area contributed by atoms with Crippen LogP contribution in [0.25, 0.3) is 0 Å². The number of sulfonamides is 1. The molecule has 2 rings (SSSR count). The number of alkyl halides is 3. The first-order chi connectivity index (χ1) is 12.1. The van der Waals surface area contributed by atoms with Crippen molar-refractivity contribution in [1.29, 1.82) is 0 Å². The molecule has 142 valence electrons. The van der Waals surface area contributed by atoms with E-state index in [1.807, 2.05) is 0 Å². The van der Waals surface area contributed by atoms with Gasteiger partial charge in [-0.25, -0.2) is 12.8 Å². The van der Waals surface area contributed by atoms with E-state index in [0.717, 1.165) is 24.3 Å². The fourth-order valence-electron chi connectivity index (χ4n) is 1.98. The topological polar surface area (TPSA) is 64.6 Å². The van der Waals surface area contributed by atoms with Crippen molar-refractivity contribution in [1.82, 2.24) is 0 Å². The van der Waals surface area contributed by atoms with Crippen LogP contribution >= 0.6 is 0 Å². The van der Waals surface area contributed by atoms with Crippen LogP contribution in [0.15, 0.2) is 42.5 Å². The summed E-state index contributed by atoms with van der Waals surface area (Å²) in [7, 11) is -2.80. The largest absolute Gasteiger partial charge is 0.495 e. The molecular formula is C16H15F4NO4S. The number of benzene rings is 2. The van der Waals surface area contributed by atoms with Crippen molar-refractivity contribution in [3.05, 3.63) is 53.8 Å². The normalized spacial score (nSPS) is 11.9. The minimum Gasteiger partial charge on any atom is -0.495 e. The SMILES string of the molecule is COc1ccc(C(F)(F)F)cc1NS(=O)(=O)CCOc1ccc(F)cc1. The lowest BCUT2D eigenvalue weighted by molar-refractivity contribution is -0.137. The molecule has 2 aromatic rings. The van der Waals surface area contributed by atoms with Crippen molar-refractivity contribution < 1.29 is 35.5 Å². The lowest BCUT2D eigenvalue weighted by atomic mass is 10.2. The van der Waals surface area contributed by atoms with Crippen LogP contribution in [0.3, 0.4) is 0 Å². The van der Waals surface area contributed by atoms with E-state index in [4.69, 9.17) is 9.47 Å². The highest BCUT2D eigenvalue weighted by Gasteiger charge is 2.31. The minimum absolute atomic E-state index is 0.0546. The van der Waals surface area contributed by atoms with E-state index in [0.29, 0.717) is 6.07 Å². The molecule has 26 heavy (non-hydrogen) atoms. The second kappa shape index (κ2) is 7.81. The number of hydrogen-bond donors (Lipinski definition) is 1. The van der Waals surface area contributed by atoms with Gasteiger partial charge in [0.1, 0.15) is 29.7 Å². The molecular weight excluding hydrogens is 378 g/mol. The van der Waals surface area contributed by atoms with Crippen molar-refractivity contribution in [3.63, 3.8) is 0 Å². The van der Waals surface area contributed by atoms with Crippen LogP contribution in [-0.2, 0) is 16.2 Å². The van der Waals surface area contributed by atoms with Crippen molar-refractivity contribution in [2.75, 3.05) is 24.2 Å². The van der Waals surface area contributed by atoms with Gasteiger partial charge in [0.25, 0.3) is 0 Å². The molecule has 0 saturated carbocycles. The molecule has 2 aromatic carbocycles. The van der Waals surface area contributed by atoms with E-state index in [1.54, 1.807) is 0 Å². The molecule has 0 amide bonds. The summed E-state index contributed by atoms with van der Waals surface area (Å²) >= 11 is 0. The number of halogens is 4. The summed E-state index contributed by atoms with van der Waals surface area (Å²) in [6.45, 7) is -0.276. The Morgan fingerprint density at radius 2 is 1.73 bits per heavy atom. The smallest absolute Gasteiger partial charge is 0.416 e. The fraction of sp³-hybridized carbons (Fsp3) is 0.250. The van der Waals surface area contributed by atoms with Gasteiger partial charge in [0.15, 0.2) is 0 Å². The number of rotatable bonds is 7. The van der Waals surface area contributed by atoms with E-state index < -0.39 is 33.3 Å². The highest BCUT2D eigenvalue weighted by Crippen LogP contribution is 2.35. The first-order valence-corrected chi connectivity index (χ1v) is 8.90. The molecule has 0 spiro atoms. The van der Waals surface area contributed by atoms with Gasteiger partial charge in [0, 0.05) is 0 Å². The van der Waals surface area contributed by atoms with Crippen LogP contribution in [0.4, 0.5) is 23.2 Å². The number of nitrogens with one attached hydrogen (secondary N) is 1. The highest BCUT2D eigenvalue weighted by atomic mass is 32.2. The first-order valence-electron chi connectivity index (χ1n) is 7.25. The first kappa shape index (κ1) is 19.8. The van der Waals surface area contributed by atoms with Gasteiger partial charge >= 0.3 is 6.18 Å². The Bertz CT molecular complexity index is 852. The van der Waals surface area contributed by atoms with E-state index >= 15 is 0 Å². The summed E-state index contributed by atoms with van der Waals surface area (Å²) in [5.41, 5.74) is -1.34. The zero-order valence-electron chi connectivity index (χ0n) is 13.5. The quantitative estimate of drug-likeness (QED) is 0.729. The predicted octanol–water partition coefficient (Wildman–Crippen LogP) is 3.67. The van der Waals surface area contributed by atoms with Crippen LogP contribution in [-0.4, -0.2) is 27.9 Å². The molecule has 0 radical (unpaired) electrons. The second-order valence-electron chi connectivity index (χ2n) is 5.14. The number of anilines is 1. The van der Waals surface area contributed by atoms with Crippen LogP contribution in [0.5, 0.6) is 11.5 Å². The summed E-state index contributed by atoms with van der Waals surface area (Å²) in [6.07, 6.45) is -4.63. The van der Waals surface area contributed by atoms with Gasteiger partial charge < -0.3 is 9.47 Å². The van der Waals surface area contributed by atoms with Gasteiger partial charge in [0.2, 0.25) is 10.0 Å². The number of ether oxygens (including phenoxy) is 2. The molecule has 0 bridgehead atoms. The van der Waals surface area contributed by atoms with Crippen molar-refractivity contribution in [3.8, 4) is 11.5 Å². The molecule has 0 heterocycles. The van der Waals surface area contributed by atoms with Gasteiger partial charge in [-0.2, -0.15) is 13.2 Å². The van der Waals surface area contributed by atoms with Gasteiger partial charge in [-0.05, 0) is 42.5 Å². The Kier molecular flexibility index (Phi) is 5.96. The zero-order chi connectivity index (χ0) is 19.4. The Morgan fingerprint density at radius 3 is 2.31 bits per heavy atom. The minimum atomic E-state index is -4.63. The Labute approximate surface area is 147 Å². The standard InChI is InChI=1S/C16H15F4NO4S/c1-24-15-7-2-11(16(18,19)20)10-14(15)21-26(22,23)9-8-25-13-5-3-12(17)4-6-13/h2-7,10,21H,8-9H2,1H3. The molecule has 0 aliphatic carbocycles. The summed E-state index contributed by atoms with van der Waals surface area (Å²) in [5.74, 6) is -0.786. The van der Waals surface area contributed by atoms with E-state index in [2.05, 4.69) is 4.72 Å². The van der Waals surface area contributed by atoms with Crippen molar-refractivity contribution in [2.24, 2.45) is 0 Å². The third kappa shape index (κ3) is 5.51. The lowest BCUT2D eigenvalue weighted by Gasteiger charge is -2.15. The molecule has 0 atom stereocenters. The molecule has 0 unspecified atom stereocenters. The predicted molar refractivity (Wildman–Crippen MR) is 87.3 cm³/mol. The second-order valence-corrected chi connectivity index (χ2v) is 6.98. The van der Waals surface area contributed by atoms with Crippen LogP contribution in [0.2, 0.25) is 0 Å². The maximum absolute atomic E-state index is 12.8. The van der Waals surface area contributed by atoms with Gasteiger partial charge in [-0.15, -0.1) is 0 Å². The molecule has 1 N–H and O–H groups in total. The van der Waals surface area contributed by atoms with E-state index in [-0.39, 0.29) is 23.8 Å². The molecule has 0 aliphatic rings. The Balaban J connectivity index is 2.06. The summed E-state index contributed by atoms with van der Waals surface area (Å²) in [5, 5.41) is 0. The van der Waals surface area contributed by atoms with E-state index in [1.165, 1.54) is 19.2 Å². The average molecular weight is 393 g/mol. The maximum atomic E-state index is 12.8. The summed E-state index contributed by atoms with van der Waals surface area (Å²) in [4.78, 5) is 0. The average Bonchev–Trinajstić information content (AvgIpc) is 2.55. The lowest BCUT2D eigenvalue weighted by Crippen LogP contribution is -2.22. The molecule has 0 fully saturated rings. The molecule has 0 saturated heterocycles. The zero-order valence-corrected chi connectivity index (χ0v) is 14.3. The number of methoxy groups -OCH3 is 1.